The maximum Gasteiger partial charge on any atom is 0.137 e. The number of benzene rings is 1. The van der Waals surface area contributed by atoms with Crippen molar-refractivity contribution < 1.29 is 9.18 Å². The van der Waals surface area contributed by atoms with E-state index in [9.17, 15) is 9.18 Å². The van der Waals surface area contributed by atoms with Crippen LogP contribution < -0.4 is 5.32 Å². The molecule has 1 saturated heterocycles. The lowest BCUT2D eigenvalue weighted by Gasteiger charge is -2.08. The summed E-state index contributed by atoms with van der Waals surface area (Å²) in [6.45, 7) is 1.95. The molecular weight excluding hydrogens is 285 g/mol. The lowest BCUT2D eigenvalue weighted by Crippen LogP contribution is -2.14. The molecule has 2 rings (SSSR count). The van der Waals surface area contributed by atoms with E-state index in [1.807, 2.05) is 0 Å². The maximum absolute atomic E-state index is 12.9. The summed E-state index contributed by atoms with van der Waals surface area (Å²) in [5, 5.41) is 3.25. The van der Waals surface area contributed by atoms with Crippen molar-refractivity contribution in [2.75, 3.05) is 13.1 Å². The molecule has 1 aromatic rings. The van der Waals surface area contributed by atoms with Crippen LogP contribution in [0, 0.1) is 11.7 Å². The van der Waals surface area contributed by atoms with Crippen molar-refractivity contribution in [1.82, 2.24) is 5.32 Å². The molecule has 0 bridgehead atoms. The summed E-state index contributed by atoms with van der Waals surface area (Å²) in [4.78, 5) is 11.9. The van der Waals surface area contributed by atoms with Gasteiger partial charge in [-0.1, -0.05) is 22.0 Å². The molecule has 1 N–H and O–H groups in total. The van der Waals surface area contributed by atoms with Gasteiger partial charge >= 0.3 is 0 Å². The minimum absolute atomic E-state index is 0.228. The lowest BCUT2D eigenvalue weighted by atomic mass is 9.98. The van der Waals surface area contributed by atoms with E-state index in [0.29, 0.717) is 23.2 Å². The fourth-order valence-electron chi connectivity index (χ4n) is 2.16. The first kappa shape index (κ1) is 12.7. The van der Waals surface area contributed by atoms with E-state index in [2.05, 4.69) is 21.2 Å². The maximum atomic E-state index is 12.9. The van der Waals surface area contributed by atoms with Crippen LogP contribution in [0.2, 0.25) is 0 Å². The van der Waals surface area contributed by atoms with Crippen LogP contribution in [-0.2, 0) is 11.2 Å². The Balaban J connectivity index is 1.93. The number of rotatable bonds is 4. The molecule has 1 atom stereocenters. The summed E-state index contributed by atoms with van der Waals surface area (Å²) < 4.78 is 13.6. The second kappa shape index (κ2) is 5.74. The highest BCUT2D eigenvalue weighted by Crippen LogP contribution is 2.20. The Hall–Kier alpha value is -0.740. The number of carbonyl (C=O) groups excluding carboxylic acids is 1. The van der Waals surface area contributed by atoms with Gasteiger partial charge in [-0.15, -0.1) is 0 Å². The van der Waals surface area contributed by atoms with E-state index in [-0.39, 0.29) is 11.6 Å². The average Bonchev–Trinajstić information content (AvgIpc) is 2.75. The van der Waals surface area contributed by atoms with Crippen LogP contribution in [0.3, 0.4) is 0 Å². The number of hydrogen-bond acceptors (Lipinski definition) is 2. The van der Waals surface area contributed by atoms with Crippen molar-refractivity contribution in [3.05, 3.63) is 34.1 Å². The van der Waals surface area contributed by atoms with E-state index < -0.39 is 0 Å². The van der Waals surface area contributed by atoms with Crippen LogP contribution in [0.5, 0.6) is 0 Å². The predicted octanol–water partition coefficient (Wildman–Crippen LogP) is 2.70. The second-order valence-electron chi connectivity index (χ2n) is 4.51. The summed E-state index contributed by atoms with van der Waals surface area (Å²) in [6, 6.07) is 4.47. The number of Topliss-reactive ketones (excluding diaryl/α,β-unsaturated/α-hetero) is 1. The van der Waals surface area contributed by atoms with Crippen LogP contribution in [0.15, 0.2) is 22.7 Å². The van der Waals surface area contributed by atoms with E-state index in [1.54, 1.807) is 6.07 Å². The molecule has 1 heterocycles. The molecule has 0 aromatic heterocycles. The van der Waals surface area contributed by atoms with Gasteiger partial charge in [0, 0.05) is 17.3 Å². The Morgan fingerprint density at radius 2 is 2.35 bits per heavy atom. The first-order valence-electron chi connectivity index (χ1n) is 5.81. The third-order valence-electron chi connectivity index (χ3n) is 3.08. The fraction of sp³-hybridized carbons (Fsp3) is 0.462. The van der Waals surface area contributed by atoms with Gasteiger partial charge in [-0.2, -0.15) is 0 Å². The van der Waals surface area contributed by atoms with Crippen molar-refractivity contribution in [2.45, 2.75) is 19.3 Å². The minimum atomic E-state index is -0.284. The second-order valence-corrected chi connectivity index (χ2v) is 5.37. The number of carbonyl (C=O) groups is 1. The molecule has 4 heteroatoms. The SMILES string of the molecule is O=C(Cc1ccc(F)cc1Br)CC1CCNC1. The molecule has 0 spiro atoms. The monoisotopic (exact) mass is 299 g/mol. The molecule has 0 radical (unpaired) electrons. The van der Waals surface area contributed by atoms with Gasteiger partial charge in [0.25, 0.3) is 0 Å². The molecule has 1 aromatic carbocycles. The average molecular weight is 300 g/mol. The van der Waals surface area contributed by atoms with E-state index in [0.717, 1.165) is 25.1 Å². The number of nitrogens with one attached hydrogen (secondary N) is 1. The Morgan fingerprint density at radius 3 is 3.00 bits per heavy atom. The Morgan fingerprint density at radius 1 is 1.53 bits per heavy atom. The largest absolute Gasteiger partial charge is 0.316 e. The van der Waals surface area contributed by atoms with Crippen LogP contribution >= 0.6 is 15.9 Å². The highest BCUT2D eigenvalue weighted by molar-refractivity contribution is 9.10. The molecule has 1 aliphatic heterocycles. The summed E-state index contributed by atoms with van der Waals surface area (Å²) in [6.07, 6.45) is 2.09. The zero-order chi connectivity index (χ0) is 12.3. The first-order chi connectivity index (χ1) is 8.15. The van der Waals surface area contributed by atoms with Crippen LogP contribution in [-0.4, -0.2) is 18.9 Å². The Bertz CT molecular complexity index is 416. The molecule has 0 saturated carbocycles. The summed E-state index contributed by atoms with van der Waals surface area (Å²) in [5.41, 5.74) is 0.863. The van der Waals surface area contributed by atoms with Gasteiger partial charge in [0.2, 0.25) is 0 Å². The first-order valence-corrected chi connectivity index (χ1v) is 6.61. The topological polar surface area (TPSA) is 29.1 Å². The minimum Gasteiger partial charge on any atom is -0.316 e. The summed E-state index contributed by atoms with van der Waals surface area (Å²) in [5.74, 6) is 0.417. The van der Waals surface area contributed by atoms with Gasteiger partial charge in [0.05, 0.1) is 0 Å². The molecule has 1 unspecified atom stereocenters. The van der Waals surface area contributed by atoms with Gasteiger partial charge in [-0.3, -0.25) is 4.79 Å². The van der Waals surface area contributed by atoms with Crippen LogP contribution in [0.4, 0.5) is 4.39 Å². The Kier molecular flexibility index (Phi) is 4.29. The molecule has 1 aliphatic rings. The predicted molar refractivity (Wildman–Crippen MR) is 68.4 cm³/mol. The van der Waals surface area contributed by atoms with E-state index >= 15 is 0 Å². The normalized spacial score (nSPS) is 19.5. The quantitative estimate of drug-likeness (QED) is 0.926. The number of ketones is 1. The zero-order valence-electron chi connectivity index (χ0n) is 9.51. The number of hydrogen-bond donors (Lipinski definition) is 1. The van der Waals surface area contributed by atoms with E-state index in [4.69, 9.17) is 0 Å². The van der Waals surface area contributed by atoms with Gasteiger partial charge in [-0.25, -0.2) is 4.39 Å². The summed E-state index contributed by atoms with van der Waals surface area (Å²) >= 11 is 3.28. The lowest BCUT2D eigenvalue weighted by molar-refractivity contribution is -0.119. The molecule has 0 aliphatic carbocycles. The summed E-state index contributed by atoms with van der Waals surface area (Å²) in [7, 11) is 0. The third kappa shape index (κ3) is 3.61. The van der Waals surface area contributed by atoms with Crippen molar-refractivity contribution in [3.63, 3.8) is 0 Å². The highest BCUT2D eigenvalue weighted by Gasteiger charge is 2.18. The van der Waals surface area contributed by atoms with Gasteiger partial charge < -0.3 is 5.32 Å². The van der Waals surface area contributed by atoms with Crippen LogP contribution in [0.1, 0.15) is 18.4 Å². The van der Waals surface area contributed by atoms with Gasteiger partial charge in [0.15, 0.2) is 0 Å². The third-order valence-corrected chi connectivity index (χ3v) is 3.82. The Labute approximate surface area is 109 Å². The molecule has 0 amide bonds. The van der Waals surface area contributed by atoms with Crippen molar-refractivity contribution in [1.29, 1.82) is 0 Å². The molecule has 1 fully saturated rings. The van der Waals surface area contributed by atoms with E-state index in [1.165, 1.54) is 12.1 Å². The smallest absolute Gasteiger partial charge is 0.137 e. The molecular formula is C13H15BrFNO. The fourth-order valence-corrected chi connectivity index (χ4v) is 2.65. The molecule has 17 heavy (non-hydrogen) atoms. The van der Waals surface area contributed by atoms with Gasteiger partial charge in [-0.05, 0) is 43.1 Å². The standard InChI is InChI=1S/C13H15BrFNO/c14-13-7-11(15)2-1-10(13)6-12(17)5-9-3-4-16-8-9/h1-2,7,9,16H,3-6,8H2. The highest BCUT2D eigenvalue weighted by atomic mass is 79.9. The van der Waals surface area contributed by atoms with Crippen molar-refractivity contribution >= 4 is 21.7 Å². The van der Waals surface area contributed by atoms with Crippen molar-refractivity contribution in [3.8, 4) is 0 Å². The van der Waals surface area contributed by atoms with Crippen LogP contribution in [0.25, 0.3) is 0 Å². The van der Waals surface area contributed by atoms with Crippen molar-refractivity contribution in [2.24, 2.45) is 5.92 Å². The van der Waals surface area contributed by atoms with Gasteiger partial charge in [0.1, 0.15) is 11.6 Å². The number of halogens is 2. The molecule has 92 valence electrons. The zero-order valence-corrected chi connectivity index (χ0v) is 11.1. The molecule has 2 nitrogen and oxygen atoms in total.